The summed E-state index contributed by atoms with van der Waals surface area (Å²) in [7, 11) is 1.95. The Bertz CT molecular complexity index is 1730. The average molecular weight is 631 g/mol. The summed E-state index contributed by atoms with van der Waals surface area (Å²) in [5.74, 6) is -1.45. The molecule has 6 rings (SSSR count). The lowest BCUT2D eigenvalue weighted by Crippen LogP contribution is -2.50. The smallest absolute Gasteiger partial charge is 0.296 e. The van der Waals surface area contributed by atoms with E-state index in [4.69, 9.17) is 9.90 Å². The molecule has 1 fully saturated rings. The maximum Gasteiger partial charge on any atom is 0.296 e. The molecule has 0 radical (unpaired) electrons. The standard InChI is InChI=1S/C28H31F3N8O3.CH2O2/c1-32-20-5-3-17-12-18(2-4-19(17)20)22-14-33-26-27(41)37(16-34-39(22)26)15-28(42)7-10-36(11-8-28)24(40)13-21(25(30)31)38-9-6-23(29)35-38;2-1-3/h2,4,6,9,12,14,16,20-21,25,32,42H,3,5,7-8,10-11,13,15H2,1H3;1H,(H,2,3). The number of aryl methyl sites for hydroxylation is 1. The molecule has 4 heterocycles. The Balaban J connectivity index is 0.00000128. The fourth-order valence-electron chi connectivity index (χ4n) is 6.04. The first-order valence-corrected chi connectivity index (χ1v) is 14.4. The molecule has 0 saturated carbocycles. The van der Waals surface area contributed by atoms with Crippen LogP contribution in [0.5, 0.6) is 0 Å². The minimum absolute atomic E-state index is 0.0595. The number of likely N-dealkylation sites (tertiary alicyclic amines) is 1. The van der Waals surface area contributed by atoms with Crippen molar-refractivity contribution in [3.63, 3.8) is 0 Å². The van der Waals surface area contributed by atoms with Crippen LogP contribution in [0.4, 0.5) is 13.2 Å². The molecule has 2 aliphatic rings. The predicted octanol–water partition coefficient (Wildman–Crippen LogP) is 2.05. The number of aromatic nitrogens is 6. The highest BCUT2D eigenvalue weighted by Crippen LogP contribution is 2.34. The van der Waals surface area contributed by atoms with Gasteiger partial charge in [0.1, 0.15) is 12.4 Å². The Morgan fingerprint density at radius 3 is 2.62 bits per heavy atom. The molecular formula is C29H33F3N8O5. The normalized spacial score (nSPS) is 18.0. The zero-order valence-corrected chi connectivity index (χ0v) is 24.4. The van der Waals surface area contributed by atoms with Crippen molar-refractivity contribution < 1.29 is 33.0 Å². The molecule has 13 nitrogen and oxygen atoms in total. The van der Waals surface area contributed by atoms with Crippen molar-refractivity contribution in [1.29, 1.82) is 0 Å². The van der Waals surface area contributed by atoms with Gasteiger partial charge in [-0.3, -0.25) is 23.6 Å². The Labute approximate surface area is 254 Å². The maximum atomic E-state index is 13.6. The molecule has 45 heavy (non-hydrogen) atoms. The van der Waals surface area contributed by atoms with E-state index in [1.807, 2.05) is 13.1 Å². The second-order valence-corrected chi connectivity index (χ2v) is 11.2. The van der Waals surface area contributed by atoms with Crippen molar-refractivity contribution in [3.8, 4) is 11.3 Å². The molecule has 1 aliphatic heterocycles. The number of aliphatic hydroxyl groups is 1. The van der Waals surface area contributed by atoms with E-state index >= 15 is 0 Å². The second-order valence-electron chi connectivity index (χ2n) is 11.2. The summed E-state index contributed by atoms with van der Waals surface area (Å²) in [6, 6.07) is 5.89. The number of piperidine rings is 1. The van der Waals surface area contributed by atoms with Crippen LogP contribution in [0.15, 0.2) is 47.8 Å². The van der Waals surface area contributed by atoms with Crippen LogP contribution in [-0.2, 0) is 22.6 Å². The number of alkyl halides is 2. The molecule has 0 bridgehead atoms. The molecule has 1 amide bonds. The van der Waals surface area contributed by atoms with E-state index in [0.717, 1.165) is 35.4 Å². The van der Waals surface area contributed by atoms with Crippen molar-refractivity contribution in [2.24, 2.45) is 0 Å². The van der Waals surface area contributed by atoms with E-state index < -0.39 is 41.9 Å². The van der Waals surface area contributed by atoms with Crippen molar-refractivity contribution in [3.05, 3.63) is 70.4 Å². The van der Waals surface area contributed by atoms with Gasteiger partial charge >= 0.3 is 0 Å². The van der Waals surface area contributed by atoms with Crippen LogP contribution < -0.4 is 10.9 Å². The minimum Gasteiger partial charge on any atom is -0.483 e. The van der Waals surface area contributed by atoms with Crippen molar-refractivity contribution in [1.82, 2.24) is 39.2 Å². The van der Waals surface area contributed by atoms with Gasteiger partial charge in [0.05, 0.1) is 30.5 Å². The molecular weight excluding hydrogens is 597 g/mol. The third-order valence-corrected chi connectivity index (χ3v) is 8.46. The number of benzene rings is 1. The quantitative estimate of drug-likeness (QED) is 0.248. The molecule has 4 aromatic rings. The van der Waals surface area contributed by atoms with Gasteiger partial charge in [-0.15, -0.1) is 5.10 Å². The number of halogens is 3. The lowest BCUT2D eigenvalue weighted by molar-refractivity contribution is -0.138. The lowest BCUT2D eigenvalue weighted by atomic mass is 9.91. The van der Waals surface area contributed by atoms with Crippen LogP contribution in [0.3, 0.4) is 0 Å². The summed E-state index contributed by atoms with van der Waals surface area (Å²) >= 11 is 0. The fraction of sp³-hybridized carbons (Fsp3) is 0.448. The summed E-state index contributed by atoms with van der Waals surface area (Å²) in [5.41, 5.74) is 2.53. The number of nitrogens with one attached hydrogen (secondary N) is 1. The van der Waals surface area contributed by atoms with Gasteiger partial charge in [-0.1, -0.05) is 12.1 Å². The number of amides is 1. The molecule has 16 heteroatoms. The Morgan fingerprint density at radius 2 is 1.98 bits per heavy atom. The molecule has 2 atom stereocenters. The summed E-state index contributed by atoms with van der Waals surface area (Å²) in [6.07, 6.45) is 2.85. The van der Waals surface area contributed by atoms with Crippen LogP contribution in [-0.4, -0.2) is 88.6 Å². The van der Waals surface area contributed by atoms with Crippen molar-refractivity contribution in [2.45, 2.75) is 62.8 Å². The fourth-order valence-corrected chi connectivity index (χ4v) is 6.04. The first-order valence-electron chi connectivity index (χ1n) is 14.4. The zero-order valence-electron chi connectivity index (χ0n) is 24.4. The van der Waals surface area contributed by atoms with Crippen molar-refractivity contribution >= 4 is 18.0 Å². The molecule has 240 valence electrons. The highest BCUT2D eigenvalue weighted by Gasteiger charge is 2.36. The third kappa shape index (κ3) is 6.61. The summed E-state index contributed by atoms with van der Waals surface area (Å²) < 4.78 is 43.9. The van der Waals surface area contributed by atoms with E-state index in [1.54, 1.807) is 6.20 Å². The van der Waals surface area contributed by atoms with Gasteiger partial charge in [0.15, 0.2) is 0 Å². The molecule has 0 spiro atoms. The molecule has 3 N–H and O–H groups in total. The Morgan fingerprint density at radius 1 is 1.24 bits per heavy atom. The van der Waals surface area contributed by atoms with E-state index in [1.165, 1.54) is 31.4 Å². The second kappa shape index (κ2) is 13.2. The van der Waals surface area contributed by atoms with Crippen LogP contribution in [0.2, 0.25) is 0 Å². The first-order chi connectivity index (χ1) is 21.6. The first kappa shape index (κ1) is 31.8. The summed E-state index contributed by atoms with van der Waals surface area (Å²) in [5, 5.41) is 29.3. The number of carbonyl (C=O) groups excluding carboxylic acids is 1. The maximum absolute atomic E-state index is 13.6. The average Bonchev–Trinajstić information content (AvgIpc) is 3.75. The van der Waals surface area contributed by atoms with Gasteiger partial charge < -0.3 is 20.4 Å². The predicted molar refractivity (Wildman–Crippen MR) is 154 cm³/mol. The zero-order chi connectivity index (χ0) is 32.3. The van der Waals surface area contributed by atoms with Gasteiger partial charge in [0.2, 0.25) is 17.5 Å². The van der Waals surface area contributed by atoms with Crippen LogP contribution in [0, 0.1) is 5.95 Å². The number of fused-ring (bicyclic) bond motifs is 2. The molecule has 3 aromatic heterocycles. The van der Waals surface area contributed by atoms with E-state index in [9.17, 15) is 27.9 Å². The third-order valence-electron chi connectivity index (χ3n) is 8.46. The van der Waals surface area contributed by atoms with E-state index in [2.05, 4.69) is 32.6 Å². The largest absolute Gasteiger partial charge is 0.483 e. The number of hydrogen-bond donors (Lipinski definition) is 3. The van der Waals surface area contributed by atoms with Gasteiger partial charge in [-0.2, -0.15) is 9.49 Å². The van der Waals surface area contributed by atoms with Crippen LogP contribution >= 0.6 is 0 Å². The number of carbonyl (C=O) groups is 2. The summed E-state index contributed by atoms with van der Waals surface area (Å²) in [4.78, 5) is 40.2. The Hall–Kier alpha value is -4.57. The lowest BCUT2D eigenvalue weighted by Gasteiger charge is -2.38. The number of rotatable bonds is 8. The number of nitrogens with zero attached hydrogens (tertiary/aromatic N) is 7. The highest BCUT2D eigenvalue weighted by atomic mass is 19.3. The number of imidazole rings is 1. The molecule has 2 unspecified atom stereocenters. The molecule has 1 aliphatic carbocycles. The molecule has 1 saturated heterocycles. The van der Waals surface area contributed by atoms with Crippen LogP contribution in [0.1, 0.15) is 48.9 Å². The van der Waals surface area contributed by atoms with Gasteiger partial charge in [-0.25, -0.2) is 18.3 Å². The number of hydrogen-bond acceptors (Lipinski definition) is 8. The van der Waals surface area contributed by atoms with Crippen LogP contribution in [0.25, 0.3) is 16.9 Å². The highest BCUT2D eigenvalue weighted by molar-refractivity contribution is 5.76. The SMILES string of the molecule is CNC1CCc2cc(-c3cnc4c(=O)n(CC5(O)CCN(C(=O)CC(C(F)F)n6ccc(F)n6)CC5)cnn34)ccc21.O=CO. The van der Waals surface area contributed by atoms with Crippen molar-refractivity contribution in [2.75, 3.05) is 20.1 Å². The monoisotopic (exact) mass is 630 g/mol. The molecule has 1 aromatic carbocycles. The van der Waals surface area contributed by atoms with E-state index in [0.29, 0.717) is 11.7 Å². The topological polar surface area (TPSA) is 160 Å². The Kier molecular flexibility index (Phi) is 9.34. The minimum atomic E-state index is -2.92. The van der Waals surface area contributed by atoms with E-state index in [-0.39, 0.29) is 44.6 Å². The van der Waals surface area contributed by atoms with Gasteiger partial charge in [0.25, 0.3) is 18.5 Å². The number of carboxylic acid groups (broad SMARTS) is 1. The summed E-state index contributed by atoms with van der Waals surface area (Å²) in [6.45, 7) is -0.0804. The van der Waals surface area contributed by atoms with Gasteiger partial charge in [0, 0.05) is 37.0 Å². The van der Waals surface area contributed by atoms with Gasteiger partial charge in [-0.05, 0) is 49.9 Å².